The lowest BCUT2D eigenvalue weighted by Crippen LogP contribution is -2.34. The lowest BCUT2D eigenvalue weighted by molar-refractivity contribution is -0.385. The number of nitro groups is 1. The van der Waals surface area contributed by atoms with Crippen LogP contribution < -0.4 is 15.4 Å². The number of amides is 1. The number of nitro benzene ring substituents is 1. The van der Waals surface area contributed by atoms with E-state index in [1.165, 1.54) is 12.1 Å². The van der Waals surface area contributed by atoms with E-state index in [1.807, 2.05) is 31.2 Å². The zero-order valence-electron chi connectivity index (χ0n) is 15.8. The molecule has 0 radical (unpaired) electrons. The molecule has 1 aromatic heterocycles. The van der Waals surface area contributed by atoms with Gasteiger partial charge in [0.15, 0.2) is 10.9 Å². The second-order valence-electron chi connectivity index (χ2n) is 6.11. The first-order valence-corrected chi connectivity index (χ1v) is 9.20. The molecule has 1 heterocycles. The summed E-state index contributed by atoms with van der Waals surface area (Å²) in [5, 5.41) is 17.7. The van der Waals surface area contributed by atoms with Crippen molar-refractivity contribution in [3.05, 3.63) is 69.9 Å². The predicted molar refractivity (Wildman–Crippen MR) is 114 cm³/mol. The van der Waals surface area contributed by atoms with Crippen molar-refractivity contribution in [1.29, 1.82) is 0 Å². The number of para-hydroxylation sites is 1. The molecule has 2 aromatic carbocycles. The molecule has 148 valence electrons. The highest BCUT2D eigenvalue weighted by molar-refractivity contribution is 7.80. The second kappa shape index (κ2) is 8.61. The van der Waals surface area contributed by atoms with Crippen molar-refractivity contribution in [2.75, 3.05) is 11.9 Å². The van der Waals surface area contributed by atoms with E-state index in [0.717, 1.165) is 22.7 Å². The van der Waals surface area contributed by atoms with Gasteiger partial charge < -0.3 is 10.1 Å². The molecule has 3 rings (SSSR count). The van der Waals surface area contributed by atoms with Crippen LogP contribution in [0.25, 0.3) is 10.9 Å². The van der Waals surface area contributed by atoms with E-state index in [0.29, 0.717) is 5.69 Å². The molecule has 2 N–H and O–H groups in total. The normalized spacial score (nSPS) is 10.4. The molecule has 1 amide bonds. The minimum Gasteiger partial charge on any atom is -0.487 e. The smallest absolute Gasteiger partial charge is 0.311 e. The highest BCUT2D eigenvalue weighted by atomic mass is 32.1. The van der Waals surface area contributed by atoms with Crippen molar-refractivity contribution in [2.24, 2.45) is 0 Å². The lowest BCUT2D eigenvalue weighted by Gasteiger charge is -2.12. The Labute approximate surface area is 172 Å². The number of hydrogen-bond donors (Lipinski definition) is 2. The summed E-state index contributed by atoms with van der Waals surface area (Å²) in [6.07, 6.45) is 0. The van der Waals surface area contributed by atoms with Crippen LogP contribution in [0.1, 0.15) is 23.0 Å². The third-order valence-electron chi connectivity index (χ3n) is 4.05. The SMILES string of the molecule is CCOc1ccc(C(=O)NC(=S)Nc2cccc3ccc(C)nc23)cc1[N+](=O)[O-]. The summed E-state index contributed by atoms with van der Waals surface area (Å²) in [6, 6.07) is 13.4. The summed E-state index contributed by atoms with van der Waals surface area (Å²) in [6.45, 7) is 3.88. The standard InChI is InChI=1S/C20H18N4O4S/c1-3-28-17-10-9-14(11-16(17)24(26)27)19(25)23-20(29)22-15-6-4-5-13-8-7-12(2)21-18(13)15/h4-11H,3H2,1-2H3,(H2,22,23,25,29). The van der Waals surface area contributed by atoms with Crippen molar-refractivity contribution >= 4 is 45.5 Å². The number of nitrogens with zero attached hydrogens (tertiary/aromatic N) is 2. The van der Waals surface area contributed by atoms with E-state index in [-0.39, 0.29) is 28.7 Å². The summed E-state index contributed by atoms with van der Waals surface area (Å²) in [7, 11) is 0. The molecule has 29 heavy (non-hydrogen) atoms. The number of carbonyl (C=O) groups excluding carboxylic acids is 1. The highest BCUT2D eigenvalue weighted by Gasteiger charge is 2.19. The van der Waals surface area contributed by atoms with E-state index in [2.05, 4.69) is 15.6 Å². The molecule has 9 heteroatoms. The first-order valence-electron chi connectivity index (χ1n) is 8.79. The number of hydrogen-bond acceptors (Lipinski definition) is 6. The van der Waals surface area contributed by atoms with Crippen LogP contribution >= 0.6 is 12.2 Å². The van der Waals surface area contributed by atoms with Crippen LogP contribution in [0.4, 0.5) is 11.4 Å². The summed E-state index contributed by atoms with van der Waals surface area (Å²) < 4.78 is 5.23. The summed E-state index contributed by atoms with van der Waals surface area (Å²) >= 11 is 5.23. The van der Waals surface area contributed by atoms with Gasteiger partial charge in [-0.3, -0.25) is 25.2 Å². The predicted octanol–water partition coefficient (Wildman–Crippen LogP) is 3.98. The highest BCUT2D eigenvalue weighted by Crippen LogP contribution is 2.28. The molecule has 0 aliphatic rings. The number of ether oxygens (including phenoxy) is 1. The molecule has 0 unspecified atom stereocenters. The van der Waals surface area contributed by atoms with Crippen LogP contribution in [0.3, 0.4) is 0 Å². The van der Waals surface area contributed by atoms with Gasteiger partial charge in [-0.05, 0) is 50.3 Å². The monoisotopic (exact) mass is 410 g/mol. The molecule has 0 saturated heterocycles. The van der Waals surface area contributed by atoms with Crippen molar-refractivity contribution < 1.29 is 14.5 Å². The van der Waals surface area contributed by atoms with Crippen LogP contribution in [-0.2, 0) is 0 Å². The van der Waals surface area contributed by atoms with Gasteiger partial charge in [-0.2, -0.15) is 0 Å². The van der Waals surface area contributed by atoms with Gasteiger partial charge in [0.1, 0.15) is 0 Å². The van der Waals surface area contributed by atoms with E-state index in [4.69, 9.17) is 17.0 Å². The van der Waals surface area contributed by atoms with Gasteiger partial charge in [0, 0.05) is 22.7 Å². The van der Waals surface area contributed by atoms with Gasteiger partial charge in [0.2, 0.25) is 0 Å². The number of aromatic nitrogens is 1. The van der Waals surface area contributed by atoms with Crippen molar-refractivity contribution in [3.8, 4) is 5.75 Å². The van der Waals surface area contributed by atoms with E-state index >= 15 is 0 Å². The van der Waals surface area contributed by atoms with Gasteiger partial charge in [-0.15, -0.1) is 0 Å². The van der Waals surface area contributed by atoms with E-state index < -0.39 is 10.8 Å². The maximum Gasteiger partial charge on any atom is 0.311 e. The number of carbonyl (C=O) groups is 1. The number of nitrogens with one attached hydrogen (secondary N) is 2. The number of benzene rings is 2. The Morgan fingerprint density at radius 1 is 1.24 bits per heavy atom. The fraction of sp³-hybridized carbons (Fsp3) is 0.150. The van der Waals surface area contributed by atoms with Crippen molar-refractivity contribution in [1.82, 2.24) is 10.3 Å². The van der Waals surface area contributed by atoms with E-state index in [1.54, 1.807) is 13.0 Å². The molecule has 0 fully saturated rings. The Balaban J connectivity index is 1.78. The first kappa shape index (κ1) is 20.2. The van der Waals surface area contributed by atoms with Gasteiger partial charge in [0.25, 0.3) is 5.91 Å². The van der Waals surface area contributed by atoms with Gasteiger partial charge in [-0.1, -0.05) is 18.2 Å². The molecule has 0 aliphatic heterocycles. The third kappa shape index (κ3) is 4.64. The number of fused-ring (bicyclic) bond motifs is 1. The van der Waals surface area contributed by atoms with Gasteiger partial charge >= 0.3 is 5.69 Å². The Bertz CT molecular complexity index is 1120. The average Bonchev–Trinajstić information content (AvgIpc) is 2.68. The maximum atomic E-state index is 12.5. The van der Waals surface area contributed by atoms with Crippen LogP contribution in [0.2, 0.25) is 0 Å². The number of aryl methyl sites for hydroxylation is 1. The Morgan fingerprint density at radius 2 is 2.03 bits per heavy atom. The minimum atomic E-state index is -0.595. The molecule has 3 aromatic rings. The number of rotatable bonds is 5. The van der Waals surface area contributed by atoms with Gasteiger partial charge in [0.05, 0.1) is 22.7 Å². The molecular weight excluding hydrogens is 392 g/mol. The van der Waals surface area contributed by atoms with Crippen molar-refractivity contribution in [2.45, 2.75) is 13.8 Å². The van der Waals surface area contributed by atoms with Crippen LogP contribution in [0.15, 0.2) is 48.5 Å². The molecule has 0 bridgehead atoms. The Kier molecular flexibility index (Phi) is 5.99. The number of pyridine rings is 1. The quantitative estimate of drug-likeness (QED) is 0.372. The Morgan fingerprint density at radius 3 is 2.76 bits per heavy atom. The molecule has 0 atom stereocenters. The molecular formula is C20H18N4O4S. The third-order valence-corrected chi connectivity index (χ3v) is 4.26. The maximum absolute atomic E-state index is 12.5. The topological polar surface area (TPSA) is 106 Å². The molecule has 0 saturated carbocycles. The molecule has 0 aliphatic carbocycles. The zero-order valence-corrected chi connectivity index (χ0v) is 16.6. The largest absolute Gasteiger partial charge is 0.487 e. The fourth-order valence-corrected chi connectivity index (χ4v) is 2.96. The van der Waals surface area contributed by atoms with Crippen molar-refractivity contribution in [3.63, 3.8) is 0 Å². The molecule has 8 nitrogen and oxygen atoms in total. The summed E-state index contributed by atoms with van der Waals surface area (Å²) in [5.41, 5.74) is 2.03. The van der Waals surface area contributed by atoms with E-state index in [9.17, 15) is 14.9 Å². The van der Waals surface area contributed by atoms with Gasteiger partial charge in [-0.25, -0.2) is 0 Å². The average molecular weight is 410 g/mol. The van der Waals surface area contributed by atoms with Crippen LogP contribution in [0.5, 0.6) is 5.75 Å². The fourth-order valence-electron chi connectivity index (χ4n) is 2.75. The van der Waals surface area contributed by atoms with Crippen LogP contribution in [-0.4, -0.2) is 27.5 Å². The Hall–Kier alpha value is -3.59. The first-order chi connectivity index (χ1) is 13.9. The second-order valence-corrected chi connectivity index (χ2v) is 6.52. The number of thiocarbonyl (C=S) groups is 1. The number of anilines is 1. The lowest BCUT2D eigenvalue weighted by atomic mass is 10.1. The zero-order chi connectivity index (χ0) is 21.0. The molecule has 0 spiro atoms. The minimum absolute atomic E-state index is 0.0577. The van der Waals surface area contributed by atoms with Crippen LogP contribution in [0, 0.1) is 17.0 Å². The summed E-state index contributed by atoms with van der Waals surface area (Å²) in [5.74, 6) is -0.468. The summed E-state index contributed by atoms with van der Waals surface area (Å²) in [4.78, 5) is 27.6.